The molecule has 0 aromatic carbocycles. The molecule has 1 heterocycles. The molecule has 2 N–H and O–H groups in total. The molecule has 1 fully saturated rings. The predicted molar refractivity (Wildman–Crippen MR) is 89.7 cm³/mol. The van der Waals surface area contributed by atoms with Crippen LogP contribution in [0.5, 0.6) is 0 Å². The average molecular weight is 442 g/mol. The van der Waals surface area contributed by atoms with E-state index in [1.54, 1.807) is 0 Å². The minimum Gasteiger partial charge on any atom is -0.462 e. The molecule has 0 radical (unpaired) electrons. The van der Waals surface area contributed by atoms with Crippen molar-refractivity contribution in [2.45, 2.75) is 64.8 Å². The summed E-state index contributed by atoms with van der Waals surface area (Å²) in [4.78, 5) is 63.6. The lowest BCUT2D eigenvalue weighted by Crippen LogP contribution is -2.56. The number of hydrogen-bond donors (Lipinski definition) is 2. The minimum absolute atomic E-state index is 0.224. The second-order valence-electron chi connectivity index (χ2n) is 6.05. The van der Waals surface area contributed by atoms with E-state index in [-0.39, 0.29) is 6.42 Å². The van der Waals surface area contributed by atoms with Gasteiger partial charge in [0.15, 0.2) is 12.2 Å². The Balaban J connectivity index is 3.21. The van der Waals surface area contributed by atoms with Crippen molar-refractivity contribution >= 4 is 31.7 Å². The maximum Gasteiger partial charge on any atom is 0.472 e. The zero-order valence-corrected chi connectivity index (χ0v) is 17.0. The molecule has 0 aliphatic carbocycles. The average Bonchev–Trinajstić information content (AvgIpc) is 2.51. The number of hydrogen-bond acceptors (Lipinski definition) is 11. The molecule has 1 aliphatic heterocycles. The van der Waals surface area contributed by atoms with Crippen LogP contribution in [-0.2, 0) is 52.0 Å². The van der Waals surface area contributed by atoms with Crippen LogP contribution in [-0.4, -0.2) is 71.0 Å². The first-order valence-electron chi connectivity index (χ1n) is 8.33. The van der Waals surface area contributed by atoms with Gasteiger partial charge in [-0.05, 0) is 0 Å². The maximum absolute atomic E-state index is 11.5. The fraction of sp³-hybridized carbons (Fsp3) is 0.733. The Morgan fingerprint density at radius 1 is 1.00 bits per heavy atom. The normalized spacial score (nSPS) is 25.4. The summed E-state index contributed by atoms with van der Waals surface area (Å²) in [6.07, 6.45) is -7.30. The molecule has 14 heteroatoms. The van der Waals surface area contributed by atoms with E-state index in [1.165, 1.54) is 0 Å². The van der Waals surface area contributed by atoms with E-state index in [4.69, 9.17) is 33.5 Å². The summed E-state index contributed by atoms with van der Waals surface area (Å²) < 4.78 is 41.2. The summed E-state index contributed by atoms with van der Waals surface area (Å²) >= 11 is 0. The highest BCUT2D eigenvalue weighted by Gasteiger charge is 2.49. The van der Waals surface area contributed by atoms with Crippen LogP contribution in [0.3, 0.4) is 0 Å². The van der Waals surface area contributed by atoms with E-state index >= 15 is 0 Å². The summed E-state index contributed by atoms with van der Waals surface area (Å²) in [5.41, 5.74) is 0. The Kier molecular flexibility index (Phi) is 9.17. The van der Waals surface area contributed by atoms with Gasteiger partial charge in [0.05, 0.1) is 0 Å². The van der Waals surface area contributed by atoms with Gasteiger partial charge < -0.3 is 33.5 Å². The third-order valence-electron chi connectivity index (χ3n) is 3.45. The van der Waals surface area contributed by atoms with Crippen LogP contribution in [0.15, 0.2) is 0 Å². The summed E-state index contributed by atoms with van der Waals surface area (Å²) in [5, 5.41) is 0. The van der Waals surface area contributed by atoms with Gasteiger partial charge in [0.25, 0.3) is 0 Å². The highest BCUT2D eigenvalue weighted by atomic mass is 31.2. The Labute approximate surface area is 165 Å². The molecule has 0 saturated carbocycles. The van der Waals surface area contributed by atoms with Gasteiger partial charge in [-0.1, -0.05) is 0 Å². The van der Waals surface area contributed by atoms with Gasteiger partial charge >= 0.3 is 31.7 Å². The maximum atomic E-state index is 11.5. The van der Waals surface area contributed by atoms with E-state index < -0.39 is 69.0 Å². The second kappa shape index (κ2) is 10.6. The third kappa shape index (κ3) is 9.33. The lowest BCUT2D eigenvalue weighted by Gasteiger charge is -2.41. The molecule has 0 aromatic rings. The van der Waals surface area contributed by atoms with Crippen molar-refractivity contribution in [3.05, 3.63) is 0 Å². The predicted octanol–water partition coefficient (Wildman–Crippen LogP) is -0.431. The van der Waals surface area contributed by atoms with Crippen LogP contribution < -0.4 is 0 Å². The van der Waals surface area contributed by atoms with E-state index in [2.05, 4.69) is 4.52 Å². The molecular formula is C15H23O13P. The van der Waals surface area contributed by atoms with Crippen molar-refractivity contribution in [1.29, 1.82) is 0 Å². The number of rotatable bonds is 8. The topological polar surface area (TPSA) is 181 Å². The SMILES string of the molecule is CC(=O)OC[C@@H](OC(C)=O)C1CC(OC(C)=O)C(OC(C)=O)[C@H](OP(=O)(O)O)O1. The van der Waals surface area contributed by atoms with Crippen LogP contribution in [0.2, 0.25) is 0 Å². The molecular weight excluding hydrogens is 419 g/mol. The molecule has 3 unspecified atom stereocenters. The van der Waals surface area contributed by atoms with Crippen molar-refractivity contribution in [3.63, 3.8) is 0 Å². The van der Waals surface area contributed by atoms with Gasteiger partial charge in [0.2, 0.25) is 6.29 Å². The van der Waals surface area contributed by atoms with Gasteiger partial charge in [0, 0.05) is 34.1 Å². The first kappa shape index (κ1) is 25.0. The second-order valence-corrected chi connectivity index (χ2v) is 7.24. The molecule has 13 nitrogen and oxygen atoms in total. The van der Waals surface area contributed by atoms with Crippen molar-refractivity contribution in [2.75, 3.05) is 6.61 Å². The molecule has 5 atom stereocenters. The summed E-state index contributed by atoms with van der Waals surface area (Å²) in [5.74, 6) is -3.09. The number of carbonyl (C=O) groups is 4. The first-order chi connectivity index (χ1) is 13.3. The van der Waals surface area contributed by atoms with Gasteiger partial charge in [-0.25, -0.2) is 4.57 Å². The summed E-state index contributed by atoms with van der Waals surface area (Å²) in [6, 6.07) is 0. The number of esters is 4. The lowest BCUT2D eigenvalue weighted by atomic mass is 9.98. The Morgan fingerprint density at radius 2 is 1.59 bits per heavy atom. The first-order valence-corrected chi connectivity index (χ1v) is 9.86. The number of phosphoric acid groups is 1. The number of phosphoric ester groups is 1. The molecule has 1 aliphatic rings. The van der Waals surface area contributed by atoms with Gasteiger partial charge in [-0.15, -0.1) is 0 Å². The van der Waals surface area contributed by atoms with Gasteiger partial charge in [0.1, 0.15) is 18.8 Å². The van der Waals surface area contributed by atoms with Gasteiger partial charge in [-0.3, -0.25) is 23.7 Å². The lowest BCUT2D eigenvalue weighted by molar-refractivity contribution is -0.269. The third-order valence-corrected chi connectivity index (χ3v) is 3.93. The molecule has 0 spiro atoms. The largest absolute Gasteiger partial charge is 0.472 e. The quantitative estimate of drug-likeness (QED) is 0.281. The van der Waals surface area contributed by atoms with E-state index in [0.29, 0.717) is 0 Å². The van der Waals surface area contributed by atoms with Crippen LogP contribution in [0.25, 0.3) is 0 Å². The van der Waals surface area contributed by atoms with Crippen molar-refractivity contribution in [2.24, 2.45) is 0 Å². The molecule has 29 heavy (non-hydrogen) atoms. The molecule has 1 rings (SSSR count). The van der Waals surface area contributed by atoms with Crippen LogP contribution in [0.1, 0.15) is 34.1 Å². The highest BCUT2D eigenvalue weighted by Crippen LogP contribution is 2.42. The summed E-state index contributed by atoms with van der Waals surface area (Å²) in [7, 11) is -5.14. The monoisotopic (exact) mass is 442 g/mol. The molecule has 166 valence electrons. The Hall–Kier alpha value is -2.05. The summed E-state index contributed by atoms with van der Waals surface area (Å²) in [6.45, 7) is 3.83. The Morgan fingerprint density at radius 3 is 2.03 bits per heavy atom. The van der Waals surface area contributed by atoms with E-state index in [1.807, 2.05) is 0 Å². The van der Waals surface area contributed by atoms with Gasteiger partial charge in [-0.2, -0.15) is 0 Å². The highest BCUT2D eigenvalue weighted by molar-refractivity contribution is 7.46. The van der Waals surface area contributed by atoms with Crippen LogP contribution in [0.4, 0.5) is 0 Å². The zero-order chi connectivity index (χ0) is 22.4. The molecule has 0 bridgehead atoms. The van der Waals surface area contributed by atoms with Crippen LogP contribution >= 0.6 is 7.82 Å². The smallest absolute Gasteiger partial charge is 0.462 e. The molecule has 0 aromatic heterocycles. The fourth-order valence-electron chi connectivity index (χ4n) is 2.58. The van der Waals surface area contributed by atoms with Crippen molar-refractivity contribution in [3.8, 4) is 0 Å². The van der Waals surface area contributed by atoms with E-state index in [9.17, 15) is 23.7 Å². The Bertz CT molecular complexity index is 671. The van der Waals surface area contributed by atoms with Crippen molar-refractivity contribution in [1.82, 2.24) is 0 Å². The zero-order valence-electron chi connectivity index (χ0n) is 16.1. The molecule has 1 saturated heterocycles. The number of ether oxygens (including phenoxy) is 5. The fourth-order valence-corrected chi connectivity index (χ4v) is 3.02. The van der Waals surface area contributed by atoms with Crippen LogP contribution in [0, 0.1) is 0 Å². The van der Waals surface area contributed by atoms with Crippen molar-refractivity contribution < 1.29 is 61.7 Å². The number of carbonyl (C=O) groups excluding carboxylic acids is 4. The van der Waals surface area contributed by atoms with E-state index in [0.717, 1.165) is 27.7 Å². The molecule has 0 amide bonds. The standard InChI is InChI=1S/C15H23O13P/c1-7(16)23-6-13(25-9(3)18)11-5-12(24-8(2)17)14(26-10(4)19)15(27-11)28-29(20,21)22/h11-15H,5-6H2,1-4H3,(H2,20,21,22)/t11?,12?,13-,14?,15+/m1/s1. The minimum atomic E-state index is -5.14.